The minimum atomic E-state index is -0.431. The van der Waals surface area contributed by atoms with Crippen molar-refractivity contribution in [1.82, 2.24) is 4.90 Å². The third kappa shape index (κ3) is 4.18. The molecule has 0 aromatic heterocycles. The molecule has 0 saturated carbocycles. The summed E-state index contributed by atoms with van der Waals surface area (Å²) in [6.07, 6.45) is 3.69. The van der Waals surface area contributed by atoms with Crippen molar-refractivity contribution in [3.63, 3.8) is 0 Å². The molecule has 2 unspecified atom stereocenters. The molecule has 2 atom stereocenters. The van der Waals surface area contributed by atoms with Crippen molar-refractivity contribution in [1.29, 1.82) is 0 Å². The molecule has 1 aromatic rings. The molecule has 6 heteroatoms. The van der Waals surface area contributed by atoms with Crippen LogP contribution in [0.15, 0.2) is 24.3 Å². The molecular formula is C16H24N2O4. The lowest BCUT2D eigenvalue weighted by atomic mass is 9.96. The van der Waals surface area contributed by atoms with E-state index in [1.165, 1.54) is 6.07 Å². The maximum atomic E-state index is 10.9. The highest BCUT2D eigenvalue weighted by molar-refractivity contribution is 5.45. The predicted octanol–water partition coefficient (Wildman–Crippen LogP) is 2.60. The first-order chi connectivity index (χ1) is 10.6. The van der Waals surface area contributed by atoms with E-state index in [2.05, 4.69) is 4.90 Å². The molecule has 1 N–H and O–H groups in total. The zero-order valence-corrected chi connectivity index (χ0v) is 13.0. The fourth-order valence-corrected chi connectivity index (χ4v) is 3.01. The van der Waals surface area contributed by atoms with Gasteiger partial charge in [-0.1, -0.05) is 25.5 Å². The van der Waals surface area contributed by atoms with Gasteiger partial charge in [-0.3, -0.25) is 15.0 Å². The summed E-state index contributed by atoms with van der Waals surface area (Å²) in [6.45, 7) is 3.99. The Morgan fingerprint density at radius 3 is 2.95 bits per heavy atom. The molecule has 1 aliphatic heterocycles. The maximum absolute atomic E-state index is 10.9. The molecule has 22 heavy (non-hydrogen) atoms. The van der Waals surface area contributed by atoms with Crippen molar-refractivity contribution in [2.75, 3.05) is 19.7 Å². The van der Waals surface area contributed by atoms with Crippen LogP contribution in [-0.2, 0) is 0 Å². The first kappa shape index (κ1) is 16.7. The molecule has 0 aliphatic carbocycles. The summed E-state index contributed by atoms with van der Waals surface area (Å²) in [5.74, 6) is 0.303. The highest BCUT2D eigenvalue weighted by Gasteiger charge is 2.27. The van der Waals surface area contributed by atoms with Crippen LogP contribution in [0.2, 0.25) is 0 Å². The number of nitro groups is 1. The third-order valence-corrected chi connectivity index (χ3v) is 4.22. The summed E-state index contributed by atoms with van der Waals surface area (Å²) in [7, 11) is 0. The van der Waals surface area contributed by atoms with Gasteiger partial charge in [0.25, 0.3) is 0 Å². The molecule has 0 amide bonds. The van der Waals surface area contributed by atoms with Crippen molar-refractivity contribution < 1.29 is 14.8 Å². The quantitative estimate of drug-likeness (QED) is 0.619. The van der Waals surface area contributed by atoms with Crippen LogP contribution >= 0.6 is 0 Å². The second kappa shape index (κ2) is 8.10. The topological polar surface area (TPSA) is 75.8 Å². The van der Waals surface area contributed by atoms with Crippen LogP contribution in [0.25, 0.3) is 0 Å². The molecule has 1 fully saturated rings. The van der Waals surface area contributed by atoms with E-state index in [0.717, 1.165) is 32.2 Å². The Kier molecular flexibility index (Phi) is 6.15. The largest absolute Gasteiger partial charge is 0.485 e. The van der Waals surface area contributed by atoms with Crippen molar-refractivity contribution in [2.45, 2.75) is 44.8 Å². The maximum Gasteiger partial charge on any atom is 0.310 e. The predicted molar refractivity (Wildman–Crippen MR) is 84.1 cm³/mol. The standard InChI is InChI=1S/C16H24N2O4/c1-2-15(19)13-7-5-6-10-17(13)11-12-22-16-9-4-3-8-14(16)18(20)21/h3-4,8-9,13,15,19H,2,5-7,10-12H2,1H3. The van der Waals surface area contributed by atoms with Gasteiger partial charge in [0.2, 0.25) is 0 Å². The molecular weight excluding hydrogens is 284 g/mol. The number of piperidine rings is 1. The Labute approximate surface area is 130 Å². The summed E-state index contributed by atoms with van der Waals surface area (Å²) in [5.41, 5.74) is -0.00807. The second-order valence-electron chi connectivity index (χ2n) is 5.65. The van der Waals surface area contributed by atoms with Crippen LogP contribution in [0.4, 0.5) is 5.69 Å². The van der Waals surface area contributed by atoms with Crippen LogP contribution < -0.4 is 4.74 Å². The number of hydrogen-bond donors (Lipinski definition) is 1. The third-order valence-electron chi connectivity index (χ3n) is 4.22. The monoisotopic (exact) mass is 308 g/mol. The van der Waals surface area contributed by atoms with Gasteiger partial charge in [0.15, 0.2) is 5.75 Å². The molecule has 1 heterocycles. The summed E-state index contributed by atoms with van der Waals surface area (Å²) in [4.78, 5) is 12.8. The fourth-order valence-electron chi connectivity index (χ4n) is 3.01. The average Bonchev–Trinajstić information content (AvgIpc) is 2.55. The van der Waals surface area contributed by atoms with E-state index in [1.807, 2.05) is 6.92 Å². The highest BCUT2D eigenvalue weighted by Crippen LogP contribution is 2.26. The first-order valence-electron chi connectivity index (χ1n) is 7.91. The van der Waals surface area contributed by atoms with Crippen LogP contribution in [0, 0.1) is 10.1 Å². The van der Waals surface area contributed by atoms with Crippen molar-refractivity contribution >= 4 is 5.69 Å². The number of benzene rings is 1. The lowest BCUT2D eigenvalue weighted by Gasteiger charge is -2.38. The molecule has 6 nitrogen and oxygen atoms in total. The number of para-hydroxylation sites is 2. The molecule has 2 rings (SSSR count). The normalized spacial score (nSPS) is 20.5. The van der Waals surface area contributed by atoms with E-state index in [1.54, 1.807) is 18.2 Å². The van der Waals surface area contributed by atoms with E-state index in [0.29, 0.717) is 18.9 Å². The molecule has 0 spiro atoms. The summed E-state index contributed by atoms with van der Waals surface area (Å²) >= 11 is 0. The second-order valence-corrected chi connectivity index (χ2v) is 5.65. The zero-order valence-electron chi connectivity index (χ0n) is 13.0. The average molecular weight is 308 g/mol. The number of aliphatic hydroxyl groups is 1. The summed E-state index contributed by atoms with van der Waals surface area (Å²) in [6, 6.07) is 6.59. The molecule has 122 valence electrons. The highest BCUT2D eigenvalue weighted by atomic mass is 16.6. The van der Waals surface area contributed by atoms with Crippen LogP contribution in [0.3, 0.4) is 0 Å². The van der Waals surface area contributed by atoms with Gasteiger partial charge < -0.3 is 9.84 Å². The van der Waals surface area contributed by atoms with Crippen LogP contribution in [0.5, 0.6) is 5.75 Å². The minimum absolute atomic E-state index is 0.00807. The van der Waals surface area contributed by atoms with Crippen LogP contribution in [0.1, 0.15) is 32.6 Å². The Morgan fingerprint density at radius 1 is 1.45 bits per heavy atom. The Morgan fingerprint density at radius 2 is 2.23 bits per heavy atom. The van der Waals surface area contributed by atoms with E-state index < -0.39 is 4.92 Å². The van der Waals surface area contributed by atoms with E-state index >= 15 is 0 Å². The number of nitrogens with zero attached hydrogens (tertiary/aromatic N) is 2. The van der Waals surface area contributed by atoms with E-state index in [4.69, 9.17) is 4.74 Å². The van der Waals surface area contributed by atoms with E-state index in [-0.39, 0.29) is 17.8 Å². The number of ether oxygens (including phenoxy) is 1. The van der Waals surface area contributed by atoms with Gasteiger partial charge in [-0.15, -0.1) is 0 Å². The lowest BCUT2D eigenvalue weighted by molar-refractivity contribution is -0.385. The van der Waals surface area contributed by atoms with E-state index in [9.17, 15) is 15.2 Å². The first-order valence-corrected chi connectivity index (χ1v) is 7.91. The molecule has 1 saturated heterocycles. The number of hydrogen-bond acceptors (Lipinski definition) is 5. The molecule has 1 aliphatic rings. The summed E-state index contributed by atoms with van der Waals surface area (Å²) < 4.78 is 5.60. The smallest absolute Gasteiger partial charge is 0.310 e. The number of rotatable bonds is 7. The van der Waals surface area contributed by atoms with Gasteiger partial charge in [-0.2, -0.15) is 0 Å². The number of nitro benzene ring substituents is 1. The van der Waals surface area contributed by atoms with Gasteiger partial charge >= 0.3 is 5.69 Å². The molecule has 0 radical (unpaired) electrons. The molecule has 0 bridgehead atoms. The van der Waals surface area contributed by atoms with Gasteiger partial charge in [0.05, 0.1) is 11.0 Å². The van der Waals surface area contributed by atoms with Crippen molar-refractivity contribution in [2.24, 2.45) is 0 Å². The Hall–Kier alpha value is -1.66. The van der Waals surface area contributed by atoms with Gasteiger partial charge in [0.1, 0.15) is 6.61 Å². The van der Waals surface area contributed by atoms with Gasteiger partial charge in [0, 0.05) is 18.7 Å². The van der Waals surface area contributed by atoms with Crippen molar-refractivity contribution in [3.8, 4) is 5.75 Å². The Bertz CT molecular complexity index is 495. The SMILES string of the molecule is CCC(O)C1CCCCN1CCOc1ccccc1[N+](=O)[O-]. The van der Waals surface area contributed by atoms with Gasteiger partial charge in [-0.05, 0) is 31.9 Å². The molecule has 1 aromatic carbocycles. The van der Waals surface area contributed by atoms with Gasteiger partial charge in [-0.25, -0.2) is 0 Å². The van der Waals surface area contributed by atoms with Crippen LogP contribution in [-0.4, -0.2) is 46.8 Å². The van der Waals surface area contributed by atoms with Crippen molar-refractivity contribution in [3.05, 3.63) is 34.4 Å². The minimum Gasteiger partial charge on any atom is -0.485 e. The summed E-state index contributed by atoms with van der Waals surface area (Å²) in [5, 5.41) is 21.1. The number of likely N-dealkylation sites (tertiary alicyclic amines) is 1. The number of aliphatic hydroxyl groups excluding tert-OH is 1. The zero-order chi connectivity index (χ0) is 15.9. The Balaban J connectivity index is 1.91. The fraction of sp³-hybridized carbons (Fsp3) is 0.625. The lowest BCUT2D eigenvalue weighted by Crippen LogP contribution is -2.48.